The first-order chi connectivity index (χ1) is 10.4. The molecule has 1 rings (SSSR count). The Morgan fingerprint density at radius 2 is 1.59 bits per heavy atom. The SMILES string of the molecule is Cc1cccc(C)c1NC(=O)CNC(=O)CCCCC(=O)O. The van der Waals surface area contributed by atoms with E-state index in [1.807, 2.05) is 32.0 Å². The highest BCUT2D eigenvalue weighted by Crippen LogP contribution is 2.18. The molecule has 0 fully saturated rings. The summed E-state index contributed by atoms with van der Waals surface area (Å²) in [4.78, 5) is 33.7. The van der Waals surface area contributed by atoms with E-state index in [0.717, 1.165) is 16.8 Å². The molecule has 2 amide bonds. The Hall–Kier alpha value is -2.37. The monoisotopic (exact) mass is 306 g/mol. The van der Waals surface area contributed by atoms with Gasteiger partial charge in [0.05, 0.1) is 6.54 Å². The molecule has 1 aromatic carbocycles. The minimum atomic E-state index is -0.867. The van der Waals surface area contributed by atoms with Gasteiger partial charge in [-0.2, -0.15) is 0 Å². The van der Waals surface area contributed by atoms with Gasteiger partial charge in [-0.25, -0.2) is 0 Å². The standard InChI is InChI=1S/C16H22N2O4/c1-11-6-5-7-12(2)16(11)18-14(20)10-17-13(19)8-3-4-9-15(21)22/h5-7H,3-4,8-10H2,1-2H3,(H,17,19)(H,18,20)(H,21,22). The molecule has 0 heterocycles. The molecule has 3 N–H and O–H groups in total. The number of carbonyl (C=O) groups excluding carboxylic acids is 2. The Balaban J connectivity index is 2.31. The lowest BCUT2D eigenvalue weighted by Crippen LogP contribution is -2.33. The number of carboxylic acid groups (broad SMARTS) is 1. The number of aliphatic carboxylic acids is 1. The maximum Gasteiger partial charge on any atom is 0.303 e. The predicted octanol–water partition coefficient (Wildman–Crippen LogP) is 2.00. The third-order valence-corrected chi connectivity index (χ3v) is 3.24. The van der Waals surface area contributed by atoms with Gasteiger partial charge >= 0.3 is 5.97 Å². The Kier molecular flexibility index (Phi) is 7.08. The van der Waals surface area contributed by atoms with Crippen molar-refractivity contribution in [2.45, 2.75) is 39.5 Å². The molecule has 0 atom stereocenters. The van der Waals surface area contributed by atoms with Crippen molar-refractivity contribution in [2.24, 2.45) is 0 Å². The van der Waals surface area contributed by atoms with Crippen molar-refractivity contribution in [1.82, 2.24) is 5.32 Å². The first-order valence-electron chi connectivity index (χ1n) is 7.24. The molecule has 0 unspecified atom stereocenters. The van der Waals surface area contributed by atoms with Gasteiger partial charge in [-0.3, -0.25) is 14.4 Å². The molecule has 6 heteroatoms. The van der Waals surface area contributed by atoms with Crippen LogP contribution in [0.2, 0.25) is 0 Å². The molecule has 0 aliphatic carbocycles. The number of amides is 2. The molecule has 0 bridgehead atoms. The average Bonchev–Trinajstić information content (AvgIpc) is 2.45. The minimum Gasteiger partial charge on any atom is -0.481 e. The second-order valence-corrected chi connectivity index (χ2v) is 5.19. The van der Waals surface area contributed by atoms with Crippen molar-refractivity contribution in [3.05, 3.63) is 29.3 Å². The van der Waals surface area contributed by atoms with Gasteiger partial charge in [0, 0.05) is 18.5 Å². The number of carboxylic acids is 1. The normalized spacial score (nSPS) is 10.1. The summed E-state index contributed by atoms with van der Waals surface area (Å²) >= 11 is 0. The fourth-order valence-electron chi connectivity index (χ4n) is 2.02. The molecule has 0 spiro atoms. The molecule has 0 saturated heterocycles. The third-order valence-electron chi connectivity index (χ3n) is 3.24. The molecule has 6 nitrogen and oxygen atoms in total. The van der Waals surface area contributed by atoms with E-state index in [9.17, 15) is 14.4 Å². The maximum absolute atomic E-state index is 11.8. The van der Waals surface area contributed by atoms with Crippen molar-refractivity contribution >= 4 is 23.5 Å². The quantitative estimate of drug-likeness (QED) is 0.640. The Morgan fingerprint density at radius 3 is 2.18 bits per heavy atom. The van der Waals surface area contributed by atoms with E-state index in [-0.39, 0.29) is 31.2 Å². The Labute approximate surface area is 129 Å². The van der Waals surface area contributed by atoms with E-state index in [1.165, 1.54) is 0 Å². The van der Waals surface area contributed by atoms with Crippen LogP contribution < -0.4 is 10.6 Å². The van der Waals surface area contributed by atoms with Gasteiger partial charge in [-0.15, -0.1) is 0 Å². The number of hydrogen-bond acceptors (Lipinski definition) is 3. The summed E-state index contributed by atoms with van der Waals surface area (Å²) in [6.07, 6.45) is 1.23. The summed E-state index contributed by atoms with van der Waals surface area (Å²) in [6.45, 7) is 3.72. The average molecular weight is 306 g/mol. The van der Waals surface area contributed by atoms with E-state index in [2.05, 4.69) is 10.6 Å². The lowest BCUT2D eigenvalue weighted by molar-refractivity contribution is -0.137. The highest BCUT2D eigenvalue weighted by Gasteiger charge is 2.09. The molecule has 0 saturated carbocycles. The van der Waals surface area contributed by atoms with Crippen LogP contribution in [0, 0.1) is 13.8 Å². The van der Waals surface area contributed by atoms with Gasteiger partial charge in [0.25, 0.3) is 0 Å². The fraction of sp³-hybridized carbons (Fsp3) is 0.438. The Bertz CT molecular complexity index is 535. The first-order valence-corrected chi connectivity index (χ1v) is 7.24. The van der Waals surface area contributed by atoms with Crippen LogP contribution in [0.3, 0.4) is 0 Å². The smallest absolute Gasteiger partial charge is 0.303 e. The highest BCUT2D eigenvalue weighted by molar-refractivity contribution is 5.95. The number of hydrogen-bond donors (Lipinski definition) is 3. The van der Waals surface area contributed by atoms with Gasteiger partial charge in [0.15, 0.2) is 0 Å². The van der Waals surface area contributed by atoms with Crippen LogP contribution in [0.25, 0.3) is 0 Å². The zero-order chi connectivity index (χ0) is 16.5. The second-order valence-electron chi connectivity index (χ2n) is 5.19. The minimum absolute atomic E-state index is 0.0559. The largest absolute Gasteiger partial charge is 0.481 e. The summed E-state index contributed by atoms with van der Waals surface area (Å²) in [5.41, 5.74) is 2.70. The summed E-state index contributed by atoms with van der Waals surface area (Å²) < 4.78 is 0. The second kappa shape index (κ2) is 8.81. The molecule has 0 aromatic heterocycles. The number of anilines is 1. The number of para-hydroxylation sites is 1. The van der Waals surface area contributed by atoms with Crippen molar-refractivity contribution in [3.8, 4) is 0 Å². The van der Waals surface area contributed by atoms with E-state index >= 15 is 0 Å². The van der Waals surface area contributed by atoms with E-state index in [0.29, 0.717) is 12.8 Å². The van der Waals surface area contributed by atoms with Gasteiger partial charge in [0.2, 0.25) is 11.8 Å². The predicted molar refractivity (Wildman–Crippen MR) is 83.7 cm³/mol. The molecule has 120 valence electrons. The lowest BCUT2D eigenvalue weighted by Gasteiger charge is -2.11. The van der Waals surface area contributed by atoms with Crippen LogP contribution >= 0.6 is 0 Å². The number of carbonyl (C=O) groups is 3. The zero-order valence-corrected chi connectivity index (χ0v) is 12.9. The molecular weight excluding hydrogens is 284 g/mol. The fourth-order valence-corrected chi connectivity index (χ4v) is 2.02. The maximum atomic E-state index is 11.8. The summed E-state index contributed by atoms with van der Waals surface area (Å²) in [7, 11) is 0. The van der Waals surface area contributed by atoms with Gasteiger partial charge in [0.1, 0.15) is 0 Å². The van der Waals surface area contributed by atoms with Gasteiger partial charge in [-0.05, 0) is 37.8 Å². The molecule has 1 aromatic rings. The van der Waals surface area contributed by atoms with E-state index in [4.69, 9.17) is 5.11 Å². The van der Waals surface area contributed by atoms with Gasteiger partial charge in [-0.1, -0.05) is 18.2 Å². The molecule has 0 aliphatic heterocycles. The van der Waals surface area contributed by atoms with E-state index < -0.39 is 5.97 Å². The van der Waals surface area contributed by atoms with Crippen LogP contribution in [0.4, 0.5) is 5.69 Å². The van der Waals surface area contributed by atoms with Crippen LogP contribution in [0.15, 0.2) is 18.2 Å². The van der Waals surface area contributed by atoms with Crippen LogP contribution in [-0.4, -0.2) is 29.4 Å². The number of unbranched alkanes of at least 4 members (excludes halogenated alkanes) is 1. The molecular formula is C16H22N2O4. The lowest BCUT2D eigenvalue weighted by atomic mass is 10.1. The number of benzene rings is 1. The topological polar surface area (TPSA) is 95.5 Å². The zero-order valence-electron chi connectivity index (χ0n) is 12.9. The van der Waals surface area contributed by atoms with Crippen LogP contribution in [-0.2, 0) is 14.4 Å². The summed E-state index contributed by atoms with van der Waals surface area (Å²) in [5.74, 6) is -1.40. The van der Waals surface area contributed by atoms with Crippen molar-refractivity contribution in [2.75, 3.05) is 11.9 Å². The third kappa shape index (κ3) is 6.39. The molecule has 0 aliphatic rings. The molecule has 22 heavy (non-hydrogen) atoms. The first kappa shape index (κ1) is 17.7. The van der Waals surface area contributed by atoms with Crippen molar-refractivity contribution < 1.29 is 19.5 Å². The van der Waals surface area contributed by atoms with Crippen molar-refractivity contribution in [1.29, 1.82) is 0 Å². The van der Waals surface area contributed by atoms with E-state index in [1.54, 1.807) is 0 Å². The number of rotatable bonds is 8. The van der Waals surface area contributed by atoms with Crippen LogP contribution in [0.1, 0.15) is 36.8 Å². The summed E-state index contributed by atoms with van der Waals surface area (Å²) in [6, 6.07) is 5.73. The highest BCUT2D eigenvalue weighted by atomic mass is 16.4. The summed E-state index contributed by atoms with van der Waals surface area (Å²) in [5, 5.41) is 13.8. The van der Waals surface area contributed by atoms with Crippen LogP contribution in [0.5, 0.6) is 0 Å². The van der Waals surface area contributed by atoms with Crippen molar-refractivity contribution in [3.63, 3.8) is 0 Å². The molecule has 0 radical (unpaired) electrons. The Morgan fingerprint density at radius 1 is 1.00 bits per heavy atom. The number of nitrogens with one attached hydrogen (secondary N) is 2. The number of aryl methyl sites for hydroxylation is 2. The van der Waals surface area contributed by atoms with Gasteiger partial charge < -0.3 is 15.7 Å².